The van der Waals surface area contributed by atoms with E-state index in [-0.39, 0.29) is 30.0 Å². The van der Waals surface area contributed by atoms with Crippen LogP contribution in [0.4, 0.5) is 5.69 Å². The molecule has 2 saturated heterocycles. The summed E-state index contributed by atoms with van der Waals surface area (Å²) >= 11 is 0. The van der Waals surface area contributed by atoms with E-state index in [0.717, 1.165) is 91.4 Å². The number of nitrogens with zero attached hydrogens (tertiary/aromatic N) is 3. The smallest absolute Gasteiger partial charge is 0.253 e. The Balaban J connectivity index is 1.25. The van der Waals surface area contributed by atoms with Gasteiger partial charge >= 0.3 is 0 Å². The fourth-order valence-electron chi connectivity index (χ4n) is 7.45. The highest BCUT2D eigenvalue weighted by atomic mass is 16.5. The first-order valence-electron chi connectivity index (χ1n) is 18.5. The molecule has 6 rings (SSSR count). The zero-order valence-corrected chi connectivity index (χ0v) is 30.9. The summed E-state index contributed by atoms with van der Waals surface area (Å²) in [6.45, 7) is 14.4. The van der Waals surface area contributed by atoms with Crippen molar-refractivity contribution in [1.29, 1.82) is 0 Å². The Kier molecular flexibility index (Phi) is 12.0. The number of aromatic nitrogens is 1. The minimum absolute atomic E-state index is 0.0298. The predicted octanol–water partition coefficient (Wildman–Crippen LogP) is 6.26. The predicted molar refractivity (Wildman–Crippen MR) is 209 cm³/mol. The van der Waals surface area contributed by atoms with E-state index < -0.39 is 0 Å². The second-order valence-corrected chi connectivity index (χ2v) is 14.0. The van der Waals surface area contributed by atoms with Crippen LogP contribution < -0.4 is 15.8 Å². The third kappa shape index (κ3) is 8.89. The van der Waals surface area contributed by atoms with Gasteiger partial charge in [-0.3, -0.25) is 19.3 Å². The summed E-state index contributed by atoms with van der Waals surface area (Å²) in [5, 5.41) is 3.05. The molecular weight excluding hydrogens is 651 g/mol. The normalized spacial score (nSPS) is 15.6. The number of rotatable bonds is 11. The molecule has 4 aromatic rings. The lowest BCUT2D eigenvalue weighted by Gasteiger charge is -2.40. The average molecular weight is 702 g/mol. The maximum atomic E-state index is 14.0. The van der Waals surface area contributed by atoms with Gasteiger partial charge in [0.05, 0.1) is 13.2 Å². The molecule has 0 radical (unpaired) electrons. The third-order valence-corrected chi connectivity index (χ3v) is 10.4. The second kappa shape index (κ2) is 17.0. The first kappa shape index (κ1) is 36.8. The van der Waals surface area contributed by atoms with Gasteiger partial charge in [-0.05, 0) is 98.2 Å². The Labute approximate surface area is 307 Å². The van der Waals surface area contributed by atoms with Gasteiger partial charge in [-0.15, -0.1) is 0 Å². The van der Waals surface area contributed by atoms with Gasteiger partial charge in [-0.2, -0.15) is 0 Å². The number of likely N-dealkylation sites (tertiary alicyclic amines) is 1. The fraction of sp³-hybridized carbons (Fsp3) is 0.372. The molecule has 2 aliphatic heterocycles. The largest absolute Gasteiger partial charge is 0.379 e. The number of benzene rings is 3. The Hall–Kier alpha value is -4.99. The minimum atomic E-state index is -0.217. The van der Waals surface area contributed by atoms with Crippen LogP contribution in [0.5, 0.6) is 0 Å². The van der Waals surface area contributed by atoms with Crippen LogP contribution in [0.3, 0.4) is 0 Å². The van der Waals surface area contributed by atoms with E-state index in [2.05, 4.69) is 57.4 Å². The molecule has 0 atom stereocenters. The number of hydrogen-bond donors (Lipinski definition) is 2. The number of nitrogens with one attached hydrogen (secondary N) is 2. The molecule has 9 heteroatoms. The summed E-state index contributed by atoms with van der Waals surface area (Å²) in [6, 6.07) is 24.8. The number of morpholine rings is 1. The number of carbonyl (C=O) groups excluding carboxylic acids is 2. The van der Waals surface area contributed by atoms with E-state index >= 15 is 0 Å². The SMILES string of the molecule is CCN(c1cc(-c2ccc(CN3CCOCC3)cc2)cc(C(=O)NCc2c(C)cc(C)[nH]c2=O)c1C)C1CCN(C(=O)/C=C/c2ccccc2)CC1. The third-order valence-electron chi connectivity index (χ3n) is 10.4. The maximum Gasteiger partial charge on any atom is 0.253 e. The number of anilines is 1. The Morgan fingerprint density at radius 1 is 0.923 bits per heavy atom. The van der Waals surface area contributed by atoms with E-state index in [1.165, 1.54) is 5.56 Å². The van der Waals surface area contributed by atoms with Crippen molar-refractivity contribution in [3.05, 3.63) is 128 Å². The van der Waals surface area contributed by atoms with E-state index in [1.807, 2.05) is 74.2 Å². The van der Waals surface area contributed by atoms with Crippen LogP contribution in [-0.2, 0) is 22.6 Å². The molecule has 0 spiro atoms. The summed E-state index contributed by atoms with van der Waals surface area (Å²) in [4.78, 5) is 49.4. The van der Waals surface area contributed by atoms with Crippen molar-refractivity contribution < 1.29 is 14.3 Å². The average Bonchev–Trinajstić information content (AvgIpc) is 3.15. The van der Waals surface area contributed by atoms with Crippen LogP contribution in [0, 0.1) is 20.8 Å². The van der Waals surface area contributed by atoms with Crippen molar-refractivity contribution in [2.45, 2.75) is 59.7 Å². The second-order valence-electron chi connectivity index (χ2n) is 14.0. The number of carbonyl (C=O) groups is 2. The Morgan fingerprint density at radius 2 is 1.63 bits per heavy atom. The summed E-state index contributed by atoms with van der Waals surface area (Å²) in [6.07, 6.45) is 5.20. The van der Waals surface area contributed by atoms with Crippen LogP contribution >= 0.6 is 0 Å². The van der Waals surface area contributed by atoms with Crippen LogP contribution in [0.15, 0.2) is 83.7 Å². The summed E-state index contributed by atoms with van der Waals surface area (Å²) in [5.41, 5.74) is 8.75. The van der Waals surface area contributed by atoms with E-state index in [1.54, 1.807) is 6.08 Å². The molecule has 1 aromatic heterocycles. The molecule has 3 aromatic carbocycles. The highest BCUT2D eigenvalue weighted by Crippen LogP contribution is 2.34. The molecule has 3 heterocycles. The molecule has 272 valence electrons. The topological polar surface area (TPSA) is 98.0 Å². The standard InChI is InChI=1S/C43H51N5O4/c1-5-48(37-17-19-47(20-18-37)41(49)16-13-33-9-7-6-8-10-33)40-27-36(35-14-11-34(12-15-35)29-46-21-23-52-24-22-46)26-38(32(40)4)42(50)44-28-39-30(2)25-31(3)45-43(39)51/h6-16,25-27,37H,5,17-24,28-29H2,1-4H3,(H,44,50)(H,45,51)/b16-13+. The van der Waals surface area contributed by atoms with Gasteiger partial charge in [-0.25, -0.2) is 0 Å². The maximum absolute atomic E-state index is 14.0. The van der Waals surface area contributed by atoms with Gasteiger partial charge in [0.25, 0.3) is 11.5 Å². The fourth-order valence-corrected chi connectivity index (χ4v) is 7.45. The number of amides is 2. The van der Waals surface area contributed by atoms with Gasteiger partial charge in [0.1, 0.15) is 0 Å². The molecule has 2 amide bonds. The van der Waals surface area contributed by atoms with Crippen molar-refractivity contribution >= 4 is 23.6 Å². The first-order valence-corrected chi connectivity index (χ1v) is 18.5. The molecular formula is C43H51N5O4. The molecule has 52 heavy (non-hydrogen) atoms. The number of pyridine rings is 1. The highest BCUT2D eigenvalue weighted by Gasteiger charge is 2.28. The number of ether oxygens (including phenoxy) is 1. The Bertz CT molecular complexity index is 1940. The number of H-pyrrole nitrogens is 1. The summed E-state index contributed by atoms with van der Waals surface area (Å²) in [5.74, 6) is -0.187. The van der Waals surface area contributed by atoms with Crippen LogP contribution in [0.2, 0.25) is 0 Å². The van der Waals surface area contributed by atoms with E-state index in [0.29, 0.717) is 24.2 Å². The van der Waals surface area contributed by atoms with Crippen molar-refractivity contribution in [2.75, 3.05) is 50.8 Å². The van der Waals surface area contributed by atoms with Crippen LogP contribution in [0.1, 0.15) is 63.6 Å². The van der Waals surface area contributed by atoms with E-state index in [9.17, 15) is 14.4 Å². The number of hydrogen-bond acceptors (Lipinski definition) is 6. The van der Waals surface area contributed by atoms with E-state index in [4.69, 9.17) is 4.74 Å². The van der Waals surface area contributed by atoms with Gasteiger partial charge in [0, 0.05) is 80.4 Å². The molecule has 2 N–H and O–H groups in total. The van der Waals surface area contributed by atoms with Gasteiger partial charge < -0.3 is 24.8 Å². The van der Waals surface area contributed by atoms with Gasteiger partial charge in [0.15, 0.2) is 0 Å². The Morgan fingerprint density at radius 3 is 2.31 bits per heavy atom. The van der Waals surface area contributed by atoms with Gasteiger partial charge in [0.2, 0.25) is 5.91 Å². The first-order chi connectivity index (χ1) is 25.2. The number of aromatic amines is 1. The summed E-state index contributed by atoms with van der Waals surface area (Å²) < 4.78 is 5.52. The molecule has 0 unspecified atom stereocenters. The zero-order chi connectivity index (χ0) is 36.6. The van der Waals surface area contributed by atoms with Crippen molar-refractivity contribution in [3.8, 4) is 11.1 Å². The molecule has 0 saturated carbocycles. The zero-order valence-electron chi connectivity index (χ0n) is 30.9. The highest BCUT2D eigenvalue weighted by molar-refractivity contribution is 5.99. The monoisotopic (exact) mass is 701 g/mol. The number of aryl methyl sites for hydroxylation is 2. The quantitative estimate of drug-likeness (QED) is 0.179. The lowest BCUT2D eigenvalue weighted by Crippen LogP contribution is -2.46. The molecule has 2 fully saturated rings. The van der Waals surface area contributed by atoms with Crippen molar-refractivity contribution in [1.82, 2.24) is 20.1 Å². The van der Waals surface area contributed by atoms with Crippen molar-refractivity contribution in [3.63, 3.8) is 0 Å². The molecule has 9 nitrogen and oxygen atoms in total. The van der Waals surface area contributed by atoms with Crippen molar-refractivity contribution in [2.24, 2.45) is 0 Å². The molecule has 0 aliphatic carbocycles. The van der Waals surface area contributed by atoms with Crippen LogP contribution in [-0.4, -0.2) is 78.6 Å². The number of piperidine rings is 1. The van der Waals surface area contributed by atoms with Gasteiger partial charge in [-0.1, -0.05) is 54.6 Å². The molecule has 0 bridgehead atoms. The summed E-state index contributed by atoms with van der Waals surface area (Å²) in [7, 11) is 0. The lowest BCUT2D eigenvalue weighted by molar-refractivity contribution is -0.126. The van der Waals surface area contributed by atoms with Crippen LogP contribution in [0.25, 0.3) is 17.2 Å². The molecule has 2 aliphatic rings. The minimum Gasteiger partial charge on any atom is -0.379 e. The lowest BCUT2D eigenvalue weighted by atomic mass is 9.94.